The Morgan fingerprint density at radius 3 is 2.64 bits per heavy atom. The fraction of sp³-hybridized carbons (Fsp3) is 0.304. The Labute approximate surface area is 186 Å². The smallest absolute Gasteiger partial charge is 0.395 e. The quantitative estimate of drug-likeness (QED) is 0.586. The highest BCUT2D eigenvalue weighted by atomic mass is 19.4. The van der Waals surface area contributed by atoms with Gasteiger partial charge in [0, 0.05) is 30.8 Å². The number of hydrogen-bond acceptors (Lipinski definition) is 5. The summed E-state index contributed by atoms with van der Waals surface area (Å²) in [7, 11) is 0. The van der Waals surface area contributed by atoms with Gasteiger partial charge in [0.1, 0.15) is 12.1 Å². The number of halogens is 4. The number of pyridine rings is 1. The molecule has 0 saturated heterocycles. The molecule has 1 aliphatic heterocycles. The molecule has 0 saturated carbocycles. The molecular weight excluding hydrogens is 440 g/mol. The summed E-state index contributed by atoms with van der Waals surface area (Å²) in [6.07, 6.45) is -1.46. The lowest BCUT2D eigenvalue weighted by Crippen LogP contribution is -2.37. The van der Waals surface area contributed by atoms with E-state index in [0.29, 0.717) is 42.5 Å². The van der Waals surface area contributed by atoms with E-state index >= 15 is 0 Å². The van der Waals surface area contributed by atoms with Crippen LogP contribution < -0.4 is 0 Å². The molecule has 172 valence electrons. The maximum atomic E-state index is 13.9. The lowest BCUT2D eigenvalue weighted by molar-refractivity contribution is -0.137. The van der Waals surface area contributed by atoms with Gasteiger partial charge < -0.3 is 10.0 Å². The molecule has 4 rings (SSSR count). The van der Waals surface area contributed by atoms with E-state index in [2.05, 4.69) is 15.0 Å². The highest BCUT2D eigenvalue weighted by molar-refractivity contribution is 5.98. The molecule has 10 heteroatoms. The van der Waals surface area contributed by atoms with Crippen LogP contribution in [0.25, 0.3) is 11.4 Å². The molecule has 1 N–H and O–H groups in total. The Morgan fingerprint density at radius 2 is 1.94 bits per heavy atom. The maximum Gasteiger partial charge on any atom is 0.416 e. The summed E-state index contributed by atoms with van der Waals surface area (Å²) in [6, 6.07) is 5.29. The van der Waals surface area contributed by atoms with Gasteiger partial charge in [0.15, 0.2) is 0 Å². The summed E-state index contributed by atoms with van der Waals surface area (Å²) in [5, 5.41) is 9.93. The van der Waals surface area contributed by atoms with E-state index in [-0.39, 0.29) is 17.2 Å². The van der Waals surface area contributed by atoms with E-state index in [1.54, 1.807) is 11.0 Å². The van der Waals surface area contributed by atoms with E-state index < -0.39 is 30.1 Å². The second-order valence-corrected chi connectivity index (χ2v) is 7.65. The molecule has 1 aliphatic rings. The van der Waals surface area contributed by atoms with Gasteiger partial charge in [0.2, 0.25) is 0 Å². The predicted octanol–water partition coefficient (Wildman–Crippen LogP) is 3.84. The minimum atomic E-state index is -4.74. The van der Waals surface area contributed by atoms with Crippen molar-refractivity contribution >= 4 is 5.91 Å². The molecule has 0 aliphatic carbocycles. The number of aliphatic hydroxyl groups is 1. The van der Waals surface area contributed by atoms with Crippen molar-refractivity contribution in [3.63, 3.8) is 0 Å². The van der Waals surface area contributed by atoms with Crippen molar-refractivity contribution in [2.75, 3.05) is 19.7 Å². The minimum Gasteiger partial charge on any atom is -0.395 e. The molecule has 1 aromatic carbocycles. The fourth-order valence-corrected chi connectivity index (χ4v) is 4.03. The molecule has 33 heavy (non-hydrogen) atoms. The molecule has 0 spiro atoms. The van der Waals surface area contributed by atoms with E-state index in [1.165, 1.54) is 18.6 Å². The van der Waals surface area contributed by atoms with E-state index in [4.69, 9.17) is 0 Å². The van der Waals surface area contributed by atoms with Crippen LogP contribution in [0.5, 0.6) is 0 Å². The standard InChI is InChI=1S/C23H20F4N4O2/c1-2-31-6-4-16-17(22(31)33)3-5-28-21(16)20-10-19(29-12-30-20)18(11-32)13-7-14(23(25,26)27)9-15(24)8-13/h3,5,7-10,12,18,32H,2,4,6,11H2,1H3. The van der Waals surface area contributed by atoms with E-state index in [0.717, 1.165) is 17.7 Å². The highest BCUT2D eigenvalue weighted by Crippen LogP contribution is 2.34. The molecular formula is C23H20F4N4O2. The van der Waals surface area contributed by atoms with Crippen molar-refractivity contribution in [2.24, 2.45) is 0 Å². The van der Waals surface area contributed by atoms with Crippen molar-refractivity contribution in [1.82, 2.24) is 19.9 Å². The highest BCUT2D eigenvalue weighted by Gasteiger charge is 2.32. The van der Waals surface area contributed by atoms with Crippen LogP contribution in [0.15, 0.2) is 42.9 Å². The van der Waals surface area contributed by atoms with Gasteiger partial charge in [-0.05, 0) is 54.8 Å². The molecule has 1 atom stereocenters. The number of aliphatic hydroxyl groups excluding tert-OH is 1. The lowest BCUT2D eigenvalue weighted by Gasteiger charge is -2.28. The number of hydrogen-bond donors (Lipinski definition) is 1. The number of amides is 1. The zero-order chi connectivity index (χ0) is 23.8. The summed E-state index contributed by atoms with van der Waals surface area (Å²) < 4.78 is 53.4. The molecule has 1 amide bonds. The summed E-state index contributed by atoms with van der Waals surface area (Å²) in [6.45, 7) is 2.41. The molecule has 3 heterocycles. The number of carbonyl (C=O) groups is 1. The van der Waals surface area contributed by atoms with Gasteiger partial charge in [-0.3, -0.25) is 9.78 Å². The normalized spacial score (nSPS) is 14.8. The lowest BCUT2D eigenvalue weighted by atomic mass is 9.92. The number of rotatable bonds is 5. The Hall–Kier alpha value is -3.40. The number of carbonyl (C=O) groups excluding carboxylic acids is 1. The molecule has 0 fully saturated rings. The average Bonchev–Trinajstić information content (AvgIpc) is 2.79. The van der Waals surface area contributed by atoms with E-state index in [9.17, 15) is 27.5 Å². The van der Waals surface area contributed by atoms with Gasteiger partial charge in [-0.1, -0.05) is 0 Å². The zero-order valence-corrected chi connectivity index (χ0v) is 17.6. The molecule has 3 aromatic rings. The molecule has 6 nitrogen and oxygen atoms in total. The average molecular weight is 460 g/mol. The van der Waals surface area contributed by atoms with Crippen LogP contribution >= 0.6 is 0 Å². The Bertz CT molecular complexity index is 1200. The van der Waals surface area contributed by atoms with Crippen LogP contribution in [0.1, 0.15) is 45.6 Å². The third-order valence-corrected chi connectivity index (χ3v) is 5.71. The Morgan fingerprint density at radius 1 is 1.15 bits per heavy atom. The van der Waals surface area contributed by atoms with Gasteiger partial charge in [0.05, 0.1) is 29.3 Å². The zero-order valence-electron chi connectivity index (χ0n) is 17.6. The SMILES string of the molecule is CCN1CCc2c(ccnc2-c2cc(C(CO)c3cc(F)cc(C(F)(F)F)c3)ncn2)C1=O. The van der Waals surface area contributed by atoms with Gasteiger partial charge in [-0.15, -0.1) is 0 Å². The van der Waals surface area contributed by atoms with Crippen molar-refractivity contribution in [3.8, 4) is 11.4 Å². The first-order valence-corrected chi connectivity index (χ1v) is 10.3. The van der Waals surface area contributed by atoms with Crippen LogP contribution in [-0.2, 0) is 12.6 Å². The number of likely N-dealkylation sites (N-methyl/N-ethyl adjacent to an activating group) is 1. The second-order valence-electron chi connectivity index (χ2n) is 7.65. The number of aromatic nitrogens is 3. The monoisotopic (exact) mass is 460 g/mol. The van der Waals surface area contributed by atoms with Crippen LogP contribution in [0.3, 0.4) is 0 Å². The molecule has 0 bridgehead atoms. The summed E-state index contributed by atoms with van der Waals surface area (Å²) in [4.78, 5) is 27.1. The third-order valence-electron chi connectivity index (χ3n) is 5.71. The van der Waals surface area contributed by atoms with Crippen LogP contribution in [0.4, 0.5) is 17.6 Å². The Kier molecular flexibility index (Phi) is 6.11. The summed E-state index contributed by atoms with van der Waals surface area (Å²) in [5.74, 6) is -2.19. The number of nitrogens with zero attached hydrogens (tertiary/aromatic N) is 4. The third kappa shape index (κ3) is 4.43. The van der Waals surface area contributed by atoms with Gasteiger partial charge in [0.25, 0.3) is 5.91 Å². The van der Waals surface area contributed by atoms with Crippen molar-refractivity contribution in [1.29, 1.82) is 0 Å². The van der Waals surface area contributed by atoms with Gasteiger partial charge >= 0.3 is 6.18 Å². The number of fused-ring (bicyclic) bond motifs is 1. The van der Waals surface area contributed by atoms with Crippen molar-refractivity contribution in [2.45, 2.75) is 25.4 Å². The maximum absolute atomic E-state index is 13.9. The first kappa shape index (κ1) is 22.8. The van der Waals surface area contributed by atoms with E-state index in [1.807, 2.05) is 6.92 Å². The number of benzene rings is 1. The largest absolute Gasteiger partial charge is 0.416 e. The first-order valence-electron chi connectivity index (χ1n) is 10.3. The Balaban J connectivity index is 1.76. The van der Waals surface area contributed by atoms with Crippen molar-refractivity contribution in [3.05, 3.63) is 76.6 Å². The summed E-state index contributed by atoms with van der Waals surface area (Å²) in [5.41, 5.74) is 1.06. The topological polar surface area (TPSA) is 79.2 Å². The predicted molar refractivity (Wildman–Crippen MR) is 111 cm³/mol. The second kappa shape index (κ2) is 8.86. The first-order chi connectivity index (χ1) is 15.7. The summed E-state index contributed by atoms with van der Waals surface area (Å²) >= 11 is 0. The molecule has 2 aromatic heterocycles. The molecule has 0 radical (unpaired) electrons. The fourth-order valence-electron chi connectivity index (χ4n) is 4.03. The van der Waals surface area contributed by atoms with Gasteiger partial charge in [-0.2, -0.15) is 13.2 Å². The van der Waals surface area contributed by atoms with Crippen LogP contribution in [0, 0.1) is 5.82 Å². The molecule has 1 unspecified atom stereocenters. The number of alkyl halides is 3. The minimum absolute atomic E-state index is 0.0636. The van der Waals surface area contributed by atoms with Gasteiger partial charge in [-0.25, -0.2) is 14.4 Å². The van der Waals surface area contributed by atoms with Crippen LogP contribution in [0.2, 0.25) is 0 Å². The van der Waals surface area contributed by atoms with Crippen LogP contribution in [-0.4, -0.2) is 50.6 Å². The van der Waals surface area contributed by atoms with Crippen molar-refractivity contribution < 1.29 is 27.5 Å².